The Morgan fingerprint density at radius 1 is 1.41 bits per heavy atom. The van der Waals surface area contributed by atoms with Gasteiger partial charge in [0.1, 0.15) is 5.75 Å². The Labute approximate surface area is 101 Å². The predicted octanol–water partition coefficient (Wildman–Crippen LogP) is 1.81. The van der Waals surface area contributed by atoms with Gasteiger partial charge in [0, 0.05) is 23.4 Å². The average molecular weight is 234 g/mol. The van der Waals surface area contributed by atoms with Gasteiger partial charge >= 0.3 is 0 Å². The minimum absolute atomic E-state index is 0.0764. The van der Waals surface area contributed by atoms with Crippen LogP contribution in [-0.4, -0.2) is 19.1 Å². The molecule has 1 aromatic rings. The molecule has 0 aliphatic heterocycles. The Kier molecular flexibility index (Phi) is 3.22. The monoisotopic (exact) mass is 234 g/mol. The number of anilines is 1. The summed E-state index contributed by atoms with van der Waals surface area (Å²) in [4.78, 5) is 12.0. The van der Waals surface area contributed by atoms with Gasteiger partial charge in [-0.3, -0.25) is 4.79 Å². The van der Waals surface area contributed by atoms with Crippen LogP contribution in [-0.2, 0) is 0 Å². The Morgan fingerprint density at radius 2 is 2.12 bits per heavy atom. The third-order valence-corrected chi connectivity index (χ3v) is 3.14. The van der Waals surface area contributed by atoms with E-state index in [9.17, 15) is 4.79 Å². The second kappa shape index (κ2) is 4.65. The first-order valence-electron chi connectivity index (χ1n) is 5.84. The van der Waals surface area contributed by atoms with Gasteiger partial charge in [-0.2, -0.15) is 0 Å². The van der Waals surface area contributed by atoms with Crippen molar-refractivity contribution in [3.63, 3.8) is 0 Å². The summed E-state index contributed by atoms with van der Waals surface area (Å²) in [7, 11) is 1.56. The van der Waals surface area contributed by atoms with Crippen LogP contribution < -0.4 is 15.8 Å². The van der Waals surface area contributed by atoms with Crippen LogP contribution >= 0.6 is 0 Å². The smallest absolute Gasteiger partial charge is 0.251 e. The fourth-order valence-corrected chi connectivity index (χ4v) is 2.16. The van der Waals surface area contributed by atoms with Crippen LogP contribution in [0.25, 0.3) is 0 Å². The van der Waals surface area contributed by atoms with Gasteiger partial charge < -0.3 is 15.8 Å². The van der Waals surface area contributed by atoms with Gasteiger partial charge in [0.15, 0.2) is 0 Å². The van der Waals surface area contributed by atoms with Gasteiger partial charge in [0.2, 0.25) is 0 Å². The van der Waals surface area contributed by atoms with E-state index in [4.69, 9.17) is 10.5 Å². The predicted molar refractivity (Wildman–Crippen MR) is 67.1 cm³/mol. The van der Waals surface area contributed by atoms with E-state index in [0.29, 0.717) is 23.0 Å². The van der Waals surface area contributed by atoms with Crippen LogP contribution in [0.4, 0.5) is 5.69 Å². The summed E-state index contributed by atoms with van der Waals surface area (Å²) in [5, 5.41) is 2.99. The number of nitrogens with two attached hydrogens (primary N) is 1. The minimum Gasteiger partial charge on any atom is -0.497 e. The van der Waals surface area contributed by atoms with Gasteiger partial charge in [-0.15, -0.1) is 0 Å². The van der Waals surface area contributed by atoms with Crippen LogP contribution in [0.3, 0.4) is 0 Å². The molecule has 1 aliphatic rings. The zero-order valence-electron chi connectivity index (χ0n) is 10.2. The number of nitrogens with one attached hydrogen (secondary N) is 1. The van der Waals surface area contributed by atoms with Crippen LogP contribution in [0.5, 0.6) is 5.75 Å². The zero-order valence-corrected chi connectivity index (χ0v) is 10.2. The molecule has 4 heteroatoms. The molecule has 0 spiro atoms. The molecule has 1 aliphatic carbocycles. The maximum absolute atomic E-state index is 12.0. The summed E-state index contributed by atoms with van der Waals surface area (Å²) >= 11 is 0. The van der Waals surface area contributed by atoms with Crippen molar-refractivity contribution in [2.75, 3.05) is 12.8 Å². The van der Waals surface area contributed by atoms with Crippen molar-refractivity contribution < 1.29 is 9.53 Å². The number of nitrogen functional groups attached to an aromatic ring is 1. The third kappa shape index (κ3) is 2.70. The van der Waals surface area contributed by atoms with E-state index in [0.717, 1.165) is 18.8 Å². The molecular formula is C13H18N2O2. The molecule has 2 rings (SSSR count). The van der Waals surface area contributed by atoms with Crippen molar-refractivity contribution in [3.8, 4) is 5.75 Å². The van der Waals surface area contributed by atoms with E-state index in [2.05, 4.69) is 12.2 Å². The molecule has 1 fully saturated rings. The van der Waals surface area contributed by atoms with E-state index in [-0.39, 0.29) is 5.91 Å². The molecule has 1 aromatic carbocycles. The number of rotatable bonds is 3. The standard InChI is InChI=1S/C13H18N2O2/c1-8-3-11(4-8)15-13(16)9-5-10(14)7-12(6-9)17-2/h5-8,11H,3-4,14H2,1-2H3,(H,15,16). The number of carbonyl (C=O) groups is 1. The van der Waals surface area contributed by atoms with Crippen LogP contribution in [0.15, 0.2) is 18.2 Å². The van der Waals surface area contributed by atoms with Crippen molar-refractivity contribution in [1.82, 2.24) is 5.32 Å². The summed E-state index contributed by atoms with van der Waals surface area (Å²) in [6.07, 6.45) is 2.12. The molecule has 0 atom stereocenters. The second-order valence-electron chi connectivity index (χ2n) is 4.74. The first-order valence-corrected chi connectivity index (χ1v) is 5.84. The maximum Gasteiger partial charge on any atom is 0.251 e. The first kappa shape index (κ1) is 11.8. The fourth-order valence-electron chi connectivity index (χ4n) is 2.16. The highest BCUT2D eigenvalue weighted by Gasteiger charge is 2.26. The molecule has 92 valence electrons. The molecule has 0 aromatic heterocycles. The van der Waals surface area contributed by atoms with Crippen LogP contribution in [0.1, 0.15) is 30.1 Å². The normalized spacial score (nSPS) is 22.7. The van der Waals surface area contributed by atoms with Gasteiger partial charge in [-0.05, 0) is 30.9 Å². The Morgan fingerprint density at radius 3 is 2.71 bits per heavy atom. The molecule has 0 saturated heterocycles. The van der Waals surface area contributed by atoms with Gasteiger partial charge in [-0.1, -0.05) is 6.92 Å². The number of carbonyl (C=O) groups excluding carboxylic acids is 1. The largest absolute Gasteiger partial charge is 0.497 e. The summed E-state index contributed by atoms with van der Waals surface area (Å²) in [5.74, 6) is 1.25. The number of amides is 1. The van der Waals surface area contributed by atoms with Crippen molar-refractivity contribution in [1.29, 1.82) is 0 Å². The van der Waals surface area contributed by atoms with E-state index in [1.54, 1.807) is 25.3 Å². The van der Waals surface area contributed by atoms with Gasteiger partial charge in [0.25, 0.3) is 5.91 Å². The fraction of sp³-hybridized carbons (Fsp3) is 0.462. The SMILES string of the molecule is COc1cc(N)cc(C(=O)NC2CC(C)C2)c1. The minimum atomic E-state index is -0.0764. The summed E-state index contributed by atoms with van der Waals surface area (Å²) in [6.45, 7) is 2.19. The molecule has 4 nitrogen and oxygen atoms in total. The summed E-state index contributed by atoms with van der Waals surface area (Å²) in [6, 6.07) is 5.38. The lowest BCUT2D eigenvalue weighted by Gasteiger charge is -2.33. The molecule has 0 radical (unpaired) electrons. The van der Waals surface area contributed by atoms with Crippen molar-refractivity contribution in [3.05, 3.63) is 23.8 Å². The third-order valence-electron chi connectivity index (χ3n) is 3.14. The molecule has 1 saturated carbocycles. The molecule has 3 N–H and O–H groups in total. The van der Waals surface area contributed by atoms with Crippen LogP contribution in [0, 0.1) is 5.92 Å². The highest BCUT2D eigenvalue weighted by Crippen LogP contribution is 2.27. The quantitative estimate of drug-likeness (QED) is 0.784. The number of hydrogen-bond acceptors (Lipinski definition) is 3. The molecule has 0 bridgehead atoms. The van der Waals surface area contributed by atoms with Gasteiger partial charge in [0.05, 0.1) is 7.11 Å². The number of benzene rings is 1. The lowest BCUT2D eigenvalue weighted by Crippen LogP contribution is -2.43. The lowest BCUT2D eigenvalue weighted by atomic mass is 9.82. The van der Waals surface area contributed by atoms with E-state index in [1.165, 1.54) is 0 Å². The zero-order chi connectivity index (χ0) is 12.4. The highest BCUT2D eigenvalue weighted by atomic mass is 16.5. The van der Waals surface area contributed by atoms with Crippen molar-refractivity contribution in [2.45, 2.75) is 25.8 Å². The summed E-state index contributed by atoms with van der Waals surface area (Å²) < 4.78 is 5.09. The Balaban J connectivity index is 2.05. The first-order chi connectivity index (χ1) is 8.08. The van der Waals surface area contributed by atoms with E-state index in [1.807, 2.05) is 0 Å². The Bertz CT molecular complexity index is 425. The molecule has 1 amide bonds. The number of ether oxygens (including phenoxy) is 1. The van der Waals surface area contributed by atoms with Crippen molar-refractivity contribution >= 4 is 11.6 Å². The number of hydrogen-bond donors (Lipinski definition) is 2. The number of methoxy groups -OCH3 is 1. The highest BCUT2D eigenvalue weighted by molar-refractivity contribution is 5.95. The topological polar surface area (TPSA) is 64.3 Å². The average Bonchev–Trinajstić information content (AvgIpc) is 2.26. The van der Waals surface area contributed by atoms with Gasteiger partial charge in [-0.25, -0.2) is 0 Å². The molecule has 0 unspecified atom stereocenters. The lowest BCUT2D eigenvalue weighted by molar-refractivity contribution is 0.0896. The summed E-state index contributed by atoms with van der Waals surface area (Å²) in [5.41, 5.74) is 6.81. The maximum atomic E-state index is 12.0. The van der Waals surface area contributed by atoms with Crippen LogP contribution in [0.2, 0.25) is 0 Å². The van der Waals surface area contributed by atoms with Crippen molar-refractivity contribution in [2.24, 2.45) is 5.92 Å². The van der Waals surface area contributed by atoms with E-state index < -0.39 is 0 Å². The molecule has 0 heterocycles. The molecule has 17 heavy (non-hydrogen) atoms. The molecular weight excluding hydrogens is 216 g/mol. The Hall–Kier alpha value is -1.71. The second-order valence-corrected chi connectivity index (χ2v) is 4.74. The van der Waals surface area contributed by atoms with E-state index >= 15 is 0 Å².